The smallest absolute Gasteiger partial charge is 0.335 e. The van der Waals surface area contributed by atoms with Gasteiger partial charge in [0.15, 0.2) is 0 Å². The molecule has 2 saturated heterocycles. The molecular weight excluding hydrogens is 252 g/mol. The number of fused-ring (bicyclic) bond motifs is 1. The maximum atomic E-state index is 11.0. The molecule has 20 heavy (non-hydrogen) atoms. The van der Waals surface area contributed by atoms with Crippen molar-refractivity contribution in [3.05, 3.63) is 35.4 Å². The molecule has 1 aromatic rings. The van der Waals surface area contributed by atoms with Gasteiger partial charge in [0.05, 0.1) is 5.56 Å². The van der Waals surface area contributed by atoms with Crippen molar-refractivity contribution >= 4 is 5.97 Å². The summed E-state index contributed by atoms with van der Waals surface area (Å²) in [5.41, 5.74) is 1.50. The van der Waals surface area contributed by atoms with E-state index in [4.69, 9.17) is 5.11 Å². The average molecular weight is 274 g/mol. The van der Waals surface area contributed by atoms with Crippen LogP contribution in [0.5, 0.6) is 0 Å². The molecule has 0 saturated carbocycles. The second-order valence-corrected chi connectivity index (χ2v) is 5.93. The molecule has 108 valence electrons. The summed E-state index contributed by atoms with van der Waals surface area (Å²) in [4.78, 5) is 16.1. The maximum Gasteiger partial charge on any atom is 0.335 e. The third-order valence-corrected chi connectivity index (χ3v) is 4.47. The third kappa shape index (κ3) is 3.02. The van der Waals surface area contributed by atoms with Crippen LogP contribution in [0.2, 0.25) is 0 Å². The Hall–Kier alpha value is -1.39. The number of hydrogen-bond acceptors (Lipinski definition) is 3. The van der Waals surface area contributed by atoms with Crippen molar-refractivity contribution in [3.63, 3.8) is 0 Å². The first-order chi connectivity index (χ1) is 9.72. The minimum Gasteiger partial charge on any atom is -0.478 e. The van der Waals surface area contributed by atoms with Gasteiger partial charge in [-0.3, -0.25) is 9.80 Å². The normalized spacial score (nSPS) is 24.3. The van der Waals surface area contributed by atoms with Crippen molar-refractivity contribution in [1.82, 2.24) is 9.80 Å². The van der Waals surface area contributed by atoms with E-state index in [1.807, 2.05) is 12.1 Å². The first-order valence-electron chi connectivity index (χ1n) is 7.51. The van der Waals surface area contributed by atoms with Crippen LogP contribution in [0, 0.1) is 0 Å². The molecule has 1 N–H and O–H groups in total. The highest BCUT2D eigenvalue weighted by Crippen LogP contribution is 2.22. The Kier molecular flexibility index (Phi) is 4.03. The lowest BCUT2D eigenvalue weighted by Crippen LogP contribution is -2.36. The van der Waals surface area contributed by atoms with E-state index in [1.54, 1.807) is 12.1 Å². The number of carboxylic acid groups (broad SMARTS) is 1. The lowest BCUT2D eigenvalue weighted by atomic mass is 10.1. The van der Waals surface area contributed by atoms with Crippen LogP contribution in [0.1, 0.15) is 35.2 Å². The minimum atomic E-state index is -0.843. The molecule has 2 aliphatic heterocycles. The van der Waals surface area contributed by atoms with Crippen LogP contribution >= 0.6 is 0 Å². The number of carboxylic acids is 1. The first-order valence-corrected chi connectivity index (χ1v) is 7.51. The molecule has 1 atom stereocenters. The number of carbonyl (C=O) groups is 1. The molecule has 2 aliphatic rings. The van der Waals surface area contributed by atoms with Crippen molar-refractivity contribution in [3.8, 4) is 0 Å². The highest BCUT2D eigenvalue weighted by Gasteiger charge is 2.28. The van der Waals surface area contributed by atoms with Crippen molar-refractivity contribution < 1.29 is 9.90 Å². The highest BCUT2D eigenvalue weighted by atomic mass is 16.4. The van der Waals surface area contributed by atoms with Crippen molar-refractivity contribution in [2.75, 3.05) is 26.2 Å². The summed E-state index contributed by atoms with van der Waals surface area (Å²) < 4.78 is 0. The molecule has 4 heteroatoms. The molecule has 1 unspecified atom stereocenters. The summed E-state index contributed by atoms with van der Waals surface area (Å²) in [6, 6.07) is 8.05. The Labute approximate surface area is 120 Å². The van der Waals surface area contributed by atoms with Gasteiger partial charge in [0.25, 0.3) is 0 Å². The van der Waals surface area contributed by atoms with Gasteiger partial charge in [-0.15, -0.1) is 0 Å². The van der Waals surface area contributed by atoms with Crippen LogP contribution in [0.3, 0.4) is 0 Å². The van der Waals surface area contributed by atoms with E-state index in [-0.39, 0.29) is 0 Å². The number of rotatable bonds is 3. The van der Waals surface area contributed by atoms with Gasteiger partial charge in [0.2, 0.25) is 0 Å². The molecular formula is C16H22N2O2. The van der Waals surface area contributed by atoms with E-state index >= 15 is 0 Å². The topological polar surface area (TPSA) is 43.8 Å². The fourth-order valence-corrected chi connectivity index (χ4v) is 3.49. The summed E-state index contributed by atoms with van der Waals surface area (Å²) in [6.45, 7) is 5.58. The predicted molar refractivity (Wildman–Crippen MR) is 77.9 cm³/mol. The van der Waals surface area contributed by atoms with Crippen LogP contribution in [0.15, 0.2) is 24.3 Å². The Morgan fingerprint density at radius 1 is 1.25 bits per heavy atom. The molecule has 0 radical (unpaired) electrons. The maximum absolute atomic E-state index is 11.0. The van der Waals surface area contributed by atoms with E-state index in [0.29, 0.717) is 11.6 Å². The van der Waals surface area contributed by atoms with Crippen LogP contribution in [-0.2, 0) is 6.54 Å². The van der Waals surface area contributed by atoms with E-state index in [0.717, 1.165) is 25.2 Å². The van der Waals surface area contributed by atoms with Crippen molar-refractivity contribution in [2.24, 2.45) is 0 Å². The van der Waals surface area contributed by atoms with Gasteiger partial charge >= 0.3 is 5.97 Å². The zero-order chi connectivity index (χ0) is 13.9. The summed E-state index contributed by atoms with van der Waals surface area (Å²) in [6.07, 6.45) is 3.85. The molecule has 0 aliphatic carbocycles. The highest BCUT2D eigenvalue weighted by molar-refractivity contribution is 5.87. The quantitative estimate of drug-likeness (QED) is 0.916. The lowest BCUT2D eigenvalue weighted by Gasteiger charge is -2.25. The lowest BCUT2D eigenvalue weighted by molar-refractivity contribution is 0.0696. The second kappa shape index (κ2) is 5.94. The van der Waals surface area contributed by atoms with Crippen LogP contribution in [-0.4, -0.2) is 53.1 Å². The Balaban J connectivity index is 1.67. The van der Waals surface area contributed by atoms with Gasteiger partial charge in [0, 0.05) is 19.1 Å². The zero-order valence-electron chi connectivity index (χ0n) is 11.8. The Morgan fingerprint density at radius 3 is 2.95 bits per heavy atom. The average Bonchev–Trinajstić information content (AvgIpc) is 2.78. The number of benzene rings is 1. The molecule has 2 heterocycles. The largest absolute Gasteiger partial charge is 0.478 e. The second-order valence-electron chi connectivity index (χ2n) is 5.93. The minimum absolute atomic E-state index is 0.389. The van der Waals surface area contributed by atoms with Crippen LogP contribution < -0.4 is 0 Å². The van der Waals surface area contributed by atoms with E-state index in [2.05, 4.69) is 9.80 Å². The summed E-state index contributed by atoms with van der Waals surface area (Å²) in [5.74, 6) is -0.843. The molecule has 0 bridgehead atoms. The number of nitrogens with zero attached hydrogens (tertiary/aromatic N) is 2. The Bertz CT molecular complexity index is 489. The standard InChI is InChI=1S/C16H22N2O2/c19-16(20)14-5-1-4-13(10-14)11-17-7-3-9-18-8-2-6-15(18)12-17/h1,4-5,10,15H,2-3,6-9,11-12H2,(H,19,20). The monoisotopic (exact) mass is 274 g/mol. The van der Waals surface area contributed by atoms with Gasteiger partial charge in [-0.05, 0) is 56.6 Å². The number of hydrogen-bond donors (Lipinski definition) is 1. The summed E-state index contributed by atoms with van der Waals surface area (Å²) >= 11 is 0. The fraction of sp³-hybridized carbons (Fsp3) is 0.562. The number of aromatic carboxylic acids is 1. The van der Waals surface area contributed by atoms with Crippen molar-refractivity contribution in [2.45, 2.75) is 31.8 Å². The first kappa shape index (κ1) is 13.6. The van der Waals surface area contributed by atoms with Gasteiger partial charge < -0.3 is 5.11 Å². The molecule has 4 nitrogen and oxygen atoms in total. The van der Waals surface area contributed by atoms with E-state index in [1.165, 1.54) is 32.4 Å². The SMILES string of the molecule is O=C(O)c1cccc(CN2CCCN3CCCC3C2)c1. The zero-order valence-corrected chi connectivity index (χ0v) is 11.8. The van der Waals surface area contributed by atoms with E-state index < -0.39 is 5.97 Å². The molecule has 0 spiro atoms. The molecule has 0 amide bonds. The molecule has 1 aromatic carbocycles. The summed E-state index contributed by atoms with van der Waals surface area (Å²) in [5, 5.41) is 9.06. The summed E-state index contributed by atoms with van der Waals surface area (Å²) in [7, 11) is 0. The van der Waals surface area contributed by atoms with Crippen LogP contribution in [0.25, 0.3) is 0 Å². The van der Waals surface area contributed by atoms with Gasteiger partial charge in [0.1, 0.15) is 0 Å². The molecule has 3 rings (SSSR count). The molecule has 2 fully saturated rings. The fourth-order valence-electron chi connectivity index (χ4n) is 3.49. The van der Waals surface area contributed by atoms with Crippen molar-refractivity contribution in [1.29, 1.82) is 0 Å². The third-order valence-electron chi connectivity index (χ3n) is 4.47. The predicted octanol–water partition coefficient (Wildman–Crippen LogP) is 2.05. The van der Waals surface area contributed by atoms with Gasteiger partial charge in [-0.1, -0.05) is 12.1 Å². The van der Waals surface area contributed by atoms with Gasteiger partial charge in [-0.2, -0.15) is 0 Å². The Morgan fingerprint density at radius 2 is 2.10 bits per heavy atom. The molecule has 0 aromatic heterocycles. The van der Waals surface area contributed by atoms with Crippen LogP contribution in [0.4, 0.5) is 0 Å². The van der Waals surface area contributed by atoms with E-state index in [9.17, 15) is 4.79 Å². The van der Waals surface area contributed by atoms with Gasteiger partial charge in [-0.25, -0.2) is 4.79 Å².